The Bertz CT molecular complexity index is 976. The predicted molar refractivity (Wildman–Crippen MR) is 115 cm³/mol. The lowest BCUT2D eigenvalue weighted by Gasteiger charge is -2.24. The molecule has 1 aliphatic heterocycles. The summed E-state index contributed by atoms with van der Waals surface area (Å²) in [6.45, 7) is 4.59. The molecule has 30 heavy (non-hydrogen) atoms. The Hall–Kier alpha value is -2.41. The highest BCUT2D eigenvalue weighted by Crippen LogP contribution is 2.39. The number of aromatic nitrogens is 1. The zero-order valence-corrected chi connectivity index (χ0v) is 18.2. The van der Waals surface area contributed by atoms with Gasteiger partial charge in [-0.25, -0.2) is 0 Å². The molecule has 1 N–H and O–H groups in total. The number of rotatable bonds is 7. The normalized spacial score (nSPS) is 18.4. The van der Waals surface area contributed by atoms with Gasteiger partial charge in [0, 0.05) is 24.9 Å². The van der Waals surface area contributed by atoms with E-state index in [1.165, 1.54) is 17.0 Å². The van der Waals surface area contributed by atoms with Gasteiger partial charge in [-0.2, -0.15) is 0 Å². The van der Waals surface area contributed by atoms with Gasteiger partial charge >= 0.3 is 0 Å². The third-order valence-electron chi connectivity index (χ3n) is 4.70. The second kappa shape index (κ2) is 9.60. The number of aliphatic hydroxyl groups excluding tert-OH is 1. The molecule has 1 aliphatic rings. The molecule has 1 aromatic heterocycles. The number of benzene rings is 1. The van der Waals surface area contributed by atoms with Gasteiger partial charge in [0.2, 0.25) is 0 Å². The molecule has 0 aliphatic carbocycles. The molecule has 0 saturated carbocycles. The Morgan fingerprint density at radius 2 is 1.97 bits per heavy atom. The number of amides is 1. The molecular formula is C22H22Cl2N2O4. The Balaban J connectivity index is 2.02. The van der Waals surface area contributed by atoms with Crippen molar-refractivity contribution in [2.75, 3.05) is 13.2 Å². The maximum absolute atomic E-state index is 12.9. The van der Waals surface area contributed by atoms with E-state index >= 15 is 0 Å². The Kier molecular flexibility index (Phi) is 7.13. The van der Waals surface area contributed by atoms with E-state index in [1.54, 1.807) is 30.5 Å². The summed E-state index contributed by atoms with van der Waals surface area (Å²) in [5.41, 5.74) is 0.761. The van der Waals surface area contributed by atoms with Crippen LogP contribution >= 0.6 is 23.2 Å². The van der Waals surface area contributed by atoms with Gasteiger partial charge in [0.25, 0.3) is 11.7 Å². The van der Waals surface area contributed by atoms with Crippen LogP contribution in [0.2, 0.25) is 10.0 Å². The molecule has 1 aromatic carbocycles. The van der Waals surface area contributed by atoms with E-state index in [1.807, 2.05) is 13.8 Å². The monoisotopic (exact) mass is 448 g/mol. The average molecular weight is 449 g/mol. The molecule has 0 radical (unpaired) electrons. The van der Waals surface area contributed by atoms with Crippen molar-refractivity contribution in [3.8, 4) is 0 Å². The first-order chi connectivity index (χ1) is 14.3. The van der Waals surface area contributed by atoms with Crippen molar-refractivity contribution in [2.24, 2.45) is 0 Å². The molecule has 0 bridgehead atoms. The first kappa shape index (κ1) is 22.3. The molecule has 2 heterocycles. The molecule has 8 heteroatoms. The zero-order chi connectivity index (χ0) is 21.8. The van der Waals surface area contributed by atoms with Gasteiger partial charge in [-0.15, -0.1) is 0 Å². The topological polar surface area (TPSA) is 79.7 Å². The molecule has 158 valence electrons. The van der Waals surface area contributed by atoms with Gasteiger partial charge < -0.3 is 14.7 Å². The van der Waals surface area contributed by atoms with Gasteiger partial charge in [0.15, 0.2) is 0 Å². The fraction of sp³-hybridized carbons (Fsp3) is 0.318. The maximum Gasteiger partial charge on any atom is 0.295 e. The first-order valence-electron chi connectivity index (χ1n) is 9.57. The van der Waals surface area contributed by atoms with Gasteiger partial charge in [-0.1, -0.05) is 29.3 Å². The fourth-order valence-electron chi connectivity index (χ4n) is 3.31. The molecule has 1 atom stereocenters. The number of carbonyl (C=O) groups excluding carboxylic acids is 2. The number of halogens is 2. The SMILES string of the molecule is CC(C)OCCCN1C(=O)C(=O)/C(=C(\O)c2ccc(Cl)c(Cl)c2)C1c1ccccn1. The Morgan fingerprint density at radius 1 is 1.20 bits per heavy atom. The highest BCUT2D eigenvalue weighted by molar-refractivity contribution is 6.46. The minimum Gasteiger partial charge on any atom is -0.507 e. The number of pyridine rings is 1. The van der Waals surface area contributed by atoms with Crippen LogP contribution in [0.4, 0.5) is 0 Å². The molecule has 1 saturated heterocycles. The van der Waals surface area contributed by atoms with Crippen LogP contribution in [0.15, 0.2) is 48.2 Å². The number of carbonyl (C=O) groups is 2. The lowest BCUT2D eigenvalue weighted by atomic mass is 9.98. The number of ketones is 1. The van der Waals surface area contributed by atoms with Crippen LogP contribution < -0.4 is 0 Å². The number of aliphatic hydroxyl groups is 1. The predicted octanol–water partition coefficient (Wildman–Crippen LogP) is 4.63. The van der Waals surface area contributed by atoms with Gasteiger partial charge in [0.1, 0.15) is 11.8 Å². The molecular weight excluding hydrogens is 427 g/mol. The lowest BCUT2D eigenvalue weighted by Crippen LogP contribution is -2.31. The van der Waals surface area contributed by atoms with Gasteiger partial charge in [-0.3, -0.25) is 14.6 Å². The smallest absolute Gasteiger partial charge is 0.295 e. The molecule has 6 nitrogen and oxygen atoms in total. The van der Waals surface area contributed by atoms with E-state index in [0.717, 1.165) is 0 Å². The summed E-state index contributed by atoms with van der Waals surface area (Å²) in [4.78, 5) is 31.4. The number of Topliss-reactive ketones (excluding diaryl/α,β-unsaturated/α-hetero) is 1. The van der Waals surface area contributed by atoms with Crippen molar-refractivity contribution < 1.29 is 19.4 Å². The van der Waals surface area contributed by atoms with Crippen molar-refractivity contribution in [2.45, 2.75) is 32.4 Å². The Labute approximate surface area is 185 Å². The number of hydrogen-bond donors (Lipinski definition) is 1. The summed E-state index contributed by atoms with van der Waals surface area (Å²) in [7, 11) is 0. The molecule has 3 rings (SSSR count). The summed E-state index contributed by atoms with van der Waals surface area (Å²) in [6.07, 6.45) is 2.19. The van der Waals surface area contributed by atoms with Crippen LogP contribution in [0.3, 0.4) is 0 Å². The third-order valence-corrected chi connectivity index (χ3v) is 5.43. The van der Waals surface area contributed by atoms with Crippen molar-refractivity contribution in [1.29, 1.82) is 0 Å². The van der Waals surface area contributed by atoms with Crippen LogP contribution in [0.1, 0.15) is 37.6 Å². The van der Waals surface area contributed by atoms with Gasteiger partial charge in [0.05, 0.1) is 27.4 Å². The standard InChI is InChI=1S/C22H22Cl2N2O4/c1-13(2)30-11-5-10-26-19(17-6-3-4-9-25-17)18(21(28)22(26)29)20(27)14-7-8-15(23)16(24)12-14/h3-4,6-9,12-13,19,27H,5,10-11H2,1-2H3/b20-18-. The quantitative estimate of drug-likeness (QED) is 0.289. The first-order valence-corrected chi connectivity index (χ1v) is 10.3. The molecule has 1 fully saturated rings. The summed E-state index contributed by atoms with van der Waals surface area (Å²) < 4.78 is 5.55. The molecule has 0 spiro atoms. The van der Waals surface area contributed by atoms with E-state index in [0.29, 0.717) is 29.3 Å². The van der Waals surface area contributed by atoms with Crippen LogP contribution in [0, 0.1) is 0 Å². The zero-order valence-electron chi connectivity index (χ0n) is 16.6. The van der Waals surface area contributed by atoms with E-state index in [4.69, 9.17) is 27.9 Å². The summed E-state index contributed by atoms with van der Waals surface area (Å²) in [6, 6.07) is 8.94. The largest absolute Gasteiger partial charge is 0.507 e. The van der Waals surface area contributed by atoms with Crippen molar-refractivity contribution in [3.63, 3.8) is 0 Å². The second-order valence-electron chi connectivity index (χ2n) is 7.15. The lowest BCUT2D eigenvalue weighted by molar-refractivity contribution is -0.140. The minimum absolute atomic E-state index is 0.0260. The summed E-state index contributed by atoms with van der Waals surface area (Å²) in [5.74, 6) is -1.76. The average Bonchev–Trinajstić information content (AvgIpc) is 2.98. The van der Waals surface area contributed by atoms with E-state index in [2.05, 4.69) is 4.98 Å². The van der Waals surface area contributed by atoms with Crippen LogP contribution in [0.25, 0.3) is 5.76 Å². The van der Waals surface area contributed by atoms with Gasteiger partial charge in [-0.05, 0) is 50.6 Å². The fourth-order valence-corrected chi connectivity index (χ4v) is 3.61. The van der Waals surface area contributed by atoms with Crippen LogP contribution in [-0.2, 0) is 14.3 Å². The maximum atomic E-state index is 12.9. The van der Waals surface area contributed by atoms with Crippen LogP contribution in [0.5, 0.6) is 0 Å². The number of likely N-dealkylation sites (tertiary alicyclic amines) is 1. The van der Waals surface area contributed by atoms with Crippen molar-refractivity contribution in [3.05, 3.63) is 69.5 Å². The van der Waals surface area contributed by atoms with Crippen molar-refractivity contribution in [1.82, 2.24) is 9.88 Å². The second-order valence-corrected chi connectivity index (χ2v) is 7.96. The van der Waals surface area contributed by atoms with Crippen LogP contribution in [-0.4, -0.2) is 45.9 Å². The Morgan fingerprint density at radius 3 is 2.60 bits per heavy atom. The number of ether oxygens (including phenoxy) is 1. The number of nitrogens with zero attached hydrogens (tertiary/aromatic N) is 2. The highest BCUT2D eigenvalue weighted by Gasteiger charge is 2.46. The number of hydrogen-bond acceptors (Lipinski definition) is 5. The van der Waals surface area contributed by atoms with E-state index in [-0.39, 0.29) is 29.0 Å². The molecule has 1 amide bonds. The third kappa shape index (κ3) is 4.67. The van der Waals surface area contributed by atoms with E-state index < -0.39 is 17.7 Å². The van der Waals surface area contributed by atoms with E-state index in [9.17, 15) is 14.7 Å². The summed E-state index contributed by atoms with van der Waals surface area (Å²) in [5, 5.41) is 11.5. The minimum atomic E-state index is -0.806. The molecule has 2 aromatic rings. The highest BCUT2D eigenvalue weighted by atomic mass is 35.5. The van der Waals surface area contributed by atoms with Crippen molar-refractivity contribution >= 4 is 40.7 Å². The molecule has 1 unspecified atom stereocenters. The summed E-state index contributed by atoms with van der Waals surface area (Å²) >= 11 is 12.0.